The molecule has 0 N–H and O–H groups in total. The first kappa shape index (κ1) is 13.8. The van der Waals surface area contributed by atoms with Gasteiger partial charge in [-0.2, -0.15) is 0 Å². The van der Waals surface area contributed by atoms with E-state index >= 15 is 0 Å². The Morgan fingerprint density at radius 2 is 1.12 bits per heavy atom. The molecule has 0 nitrogen and oxygen atoms in total. The summed E-state index contributed by atoms with van der Waals surface area (Å²) in [5.74, 6) is 0. The van der Waals surface area contributed by atoms with Crippen molar-refractivity contribution in [3.63, 3.8) is 0 Å². The highest BCUT2D eigenvalue weighted by atomic mass is 79.9. The van der Waals surface area contributed by atoms with Crippen molar-refractivity contribution in [2.75, 3.05) is 0 Å². The molecule has 0 aliphatic rings. The molecule has 0 aromatic heterocycles. The van der Waals surface area contributed by atoms with E-state index < -0.39 is 0 Å². The van der Waals surface area contributed by atoms with Crippen molar-refractivity contribution < 1.29 is 0 Å². The van der Waals surface area contributed by atoms with Crippen molar-refractivity contribution in [3.8, 4) is 0 Å². The molecule has 0 unspecified atom stereocenters. The quantitative estimate of drug-likeness (QED) is 0.530. The largest absolute Gasteiger partial charge is 0.0899 e. The molecular formula is C12H6Br2Cl2S. The lowest BCUT2D eigenvalue weighted by Gasteiger charge is -2.04. The van der Waals surface area contributed by atoms with E-state index in [0.717, 1.165) is 18.7 Å². The first-order valence-corrected chi connectivity index (χ1v) is 7.79. The summed E-state index contributed by atoms with van der Waals surface area (Å²) in [5, 5.41) is 1.42. The topological polar surface area (TPSA) is 0 Å². The van der Waals surface area contributed by atoms with Gasteiger partial charge in [-0.3, -0.25) is 0 Å². The van der Waals surface area contributed by atoms with Crippen molar-refractivity contribution in [1.82, 2.24) is 0 Å². The van der Waals surface area contributed by atoms with Crippen LogP contribution in [0.2, 0.25) is 10.0 Å². The second kappa shape index (κ2) is 5.98. The van der Waals surface area contributed by atoms with Crippen LogP contribution in [0.15, 0.2) is 55.1 Å². The monoisotopic (exact) mass is 410 g/mol. The molecule has 2 rings (SSSR count). The Kier molecular flexibility index (Phi) is 4.84. The molecule has 0 amide bonds. The minimum Gasteiger partial charge on any atom is -0.0899 e. The summed E-state index contributed by atoms with van der Waals surface area (Å²) < 4.78 is 1.93. The number of hydrogen-bond acceptors (Lipinski definition) is 1. The van der Waals surface area contributed by atoms with Crippen LogP contribution in [-0.2, 0) is 0 Å². The smallest absolute Gasteiger partial charge is 0.0428 e. The fourth-order valence-electron chi connectivity index (χ4n) is 1.31. The lowest BCUT2D eigenvalue weighted by Crippen LogP contribution is -1.76. The van der Waals surface area contributed by atoms with E-state index in [9.17, 15) is 0 Å². The van der Waals surface area contributed by atoms with E-state index in [4.69, 9.17) is 23.2 Å². The molecule has 5 heteroatoms. The Balaban J connectivity index is 2.31. The Morgan fingerprint density at radius 1 is 0.706 bits per heavy atom. The molecule has 0 saturated carbocycles. The maximum atomic E-state index is 6.00. The Hall–Kier alpha value is 0.330. The third-order valence-electron chi connectivity index (χ3n) is 1.91. The summed E-state index contributed by atoms with van der Waals surface area (Å²) >= 11 is 20.5. The van der Waals surface area contributed by atoms with Gasteiger partial charge in [0.2, 0.25) is 0 Å². The number of rotatable bonds is 2. The SMILES string of the molecule is Clc1cc(Br)cc(Sc2cc(Cl)cc(Br)c2)c1. The lowest BCUT2D eigenvalue weighted by molar-refractivity contribution is 1.38. The lowest BCUT2D eigenvalue weighted by atomic mass is 10.4. The Morgan fingerprint density at radius 3 is 1.47 bits per heavy atom. The maximum absolute atomic E-state index is 6.00. The average molecular weight is 413 g/mol. The normalized spacial score (nSPS) is 10.6. The van der Waals surface area contributed by atoms with Gasteiger partial charge >= 0.3 is 0 Å². The first-order valence-electron chi connectivity index (χ1n) is 4.63. The molecule has 0 aliphatic heterocycles. The Bertz CT molecular complexity index is 468. The van der Waals surface area contributed by atoms with Gasteiger partial charge in [-0.25, -0.2) is 0 Å². The number of halogens is 4. The summed E-state index contributed by atoms with van der Waals surface area (Å²) in [6.07, 6.45) is 0. The van der Waals surface area contributed by atoms with Crippen molar-refractivity contribution in [2.24, 2.45) is 0 Å². The van der Waals surface area contributed by atoms with Gasteiger partial charge in [0, 0.05) is 28.8 Å². The summed E-state index contributed by atoms with van der Waals surface area (Å²) in [4.78, 5) is 2.14. The van der Waals surface area contributed by atoms with Crippen LogP contribution in [0.4, 0.5) is 0 Å². The third kappa shape index (κ3) is 4.18. The molecule has 0 heterocycles. The van der Waals surface area contributed by atoms with Gasteiger partial charge in [0.15, 0.2) is 0 Å². The zero-order chi connectivity index (χ0) is 12.4. The summed E-state index contributed by atoms with van der Waals surface area (Å²) in [6, 6.07) is 11.6. The molecule has 0 aliphatic carbocycles. The average Bonchev–Trinajstić information content (AvgIpc) is 2.13. The van der Waals surface area contributed by atoms with Crippen molar-refractivity contribution in [2.45, 2.75) is 9.79 Å². The van der Waals surface area contributed by atoms with E-state index in [0.29, 0.717) is 10.0 Å². The van der Waals surface area contributed by atoms with Crippen LogP contribution >= 0.6 is 66.8 Å². The summed E-state index contributed by atoms with van der Waals surface area (Å²) in [7, 11) is 0. The van der Waals surface area contributed by atoms with Gasteiger partial charge < -0.3 is 0 Å². The van der Waals surface area contributed by atoms with Crippen LogP contribution in [0.25, 0.3) is 0 Å². The molecule has 0 saturated heterocycles. The van der Waals surface area contributed by atoms with E-state index in [2.05, 4.69) is 31.9 Å². The molecule has 0 bridgehead atoms. The molecule has 88 valence electrons. The van der Waals surface area contributed by atoms with Crippen LogP contribution in [0.5, 0.6) is 0 Å². The minimum absolute atomic E-state index is 0.711. The third-order valence-corrected chi connectivity index (χ3v) is 4.20. The summed E-state index contributed by atoms with van der Waals surface area (Å²) in [6.45, 7) is 0. The van der Waals surface area contributed by atoms with E-state index in [-0.39, 0.29) is 0 Å². The summed E-state index contributed by atoms with van der Waals surface area (Å²) in [5.41, 5.74) is 0. The van der Waals surface area contributed by atoms with Crippen molar-refractivity contribution >= 4 is 66.8 Å². The second-order valence-corrected chi connectivity index (χ2v) is 7.16. The fraction of sp³-hybridized carbons (Fsp3) is 0. The molecule has 17 heavy (non-hydrogen) atoms. The van der Waals surface area contributed by atoms with E-state index in [1.54, 1.807) is 11.8 Å². The van der Waals surface area contributed by atoms with Gasteiger partial charge in [0.25, 0.3) is 0 Å². The molecule has 0 fully saturated rings. The van der Waals surface area contributed by atoms with Crippen LogP contribution in [0.3, 0.4) is 0 Å². The van der Waals surface area contributed by atoms with Gasteiger partial charge in [0.05, 0.1) is 0 Å². The highest BCUT2D eigenvalue weighted by Gasteiger charge is 2.03. The van der Waals surface area contributed by atoms with Crippen LogP contribution in [-0.4, -0.2) is 0 Å². The van der Waals surface area contributed by atoms with Gasteiger partial charge in [-0.1, -0.05) is 66.8 Å². The van der Waals surface area contributed by atoms with Crippen molar-refractivity contribution in [1.29, 1.82) is 0 Å². The van der Waals surface area contributed by atoms with Gasteiger partial charge in [0.1, 0.15) is 0 Å². The second-order valence-electron chi connectivity index (χ2n) is 3.31. The van der Waals surface area contributed by atoms with Crippen molar-refractivity contribution in [3.05, 3.63) is 55.4 Å². The molecule has 0 radical (unpaired) electrons. The van der Waals surface area contributed by atoms with Crippen LogP contribution < -0.4 is 0 Å². The van der Waals surface area contributed by atoms with Gasteiger partial charge in [-0.05, 0) is 36.4 Å². The number of benzene rings is 2. The fourth-order valence-corrected chi connectivity index (χ4v) is 4.48. The molecule has 0 atom stereocenters. The van der Waals surface area contributed by atoms with Crippen LogP contribution in [0, 0.1) is 0 Å². The number of hydrogen-bond donors (Lipinski definition) is 0. The standard InChI is InChI=1S/C12H6Br2Cl2S/c13-7-1-9(15)5-11(3-7)17-12-4-8(14)2-10(16)6-12/h1-6H. The molecular weight excluding hydrogens is 407 g/mol. The zero-order valence-electron chi connectivity index (χ0n) is 8.38. The zero-order valence-corrected chi connectivity index (χ0v) is 13.9. The molecule has 0 spiro atoms. The minimum atomic E-state index is 0.711. The molecule has 2 aromatic carbocycles. The Labute approximate surface area is 131 Å². The van der Waals surface area contributed by atoms with E-state index in [1.165, 1.54) is 0 Å². The van der Waals surface area contributed by atoms with E-state index in [1.807, 2.05) is 36.4 Å². The predicted molar refractivity (Wildman–Crippen MR) is 82.4 cm³/mol. The van der Waals surface area contributed by atoms with Gasteiger partial charge in [-0.15, -0.1) is 0 Å². The first-order chi connectivity index (χ1) is 8.02. The molecule has 2 aromatic rings. The van der Waals surface area contributed by atoms with Crippen LogP contribution in [0.1, 0.15) is 0 Å². The maximum Gasteiger partial charge on any atom is 0.0428 e. The predicted octanol–water partition coefficient (Wildman–Crippen LogP) is 6.67. The highest BCUT2D eigenvalue weighted by molar-refractivity contribution is 9.10. The highest BCUT2D eigenvalue weighted by Crippen LogP contribution is 2.34.